The molecule has 0 spiro atoms. The molecule has 0 saturated heterocycles. The van der Waals surface area contributed by atoms with Crippen molar-refractivity contribution >= 4 is 5.78 Å². The van der Waals surface area contributed by atoms with Crippen LogP contribution in [0.25, 0.3) is 0 Å². The molecule has 0 aliphatic carbocycles. The highest BCUT2D eigenvalue weighted by Crippen LogP contribution is 2.33. The number of hydrogen-bond acceptors (Lipinski definition) is 1. The van der Waals surface area contributed by atoms with Crippen LogP contribution in [0.4, 0.5) is 22.0 Å². The first kappa shape index (κ1) is 15.2. The van der Waals surface area contributed by atoms with E-state index in [0.29, 0.717) is 6.07 Å². The first-order valence-electron chi connectivity index (χ1n) is 5.88. The van der Waals surface area contributed by atoms with E-state index in [0.717, 1.165) is 30.3 Å². The van der Waals surface area contributed by atoms with Crippen molar-refractivity contribution in [2.45, 2.75) is 13.1 Å². The van der Waals surface area contributed by atoms with E-state index >= 15 is 0 Å². The van der Waals surface area contributed by atoms with Crippen LogP contribution in [0.2, 0.25) is 0 Å². The number of carbonyl (C=O) groups excluding carboxylic acids is 1. The molecule has 0 amide bonds. The van der Waals surface area contributed by atoms with Gasteiger partial charge >= 0.3 is 6.18 Å². The highest BCUT2D eigenvalue weighted by atomic mass is 19.4. The molecule has 110 valence electrons. The quantitative estimate of drug-likeness (QED) is 0.588. The number of halogens is 5. The van der Waals surface area contributed by atoms with Crippen LogP contribution in [0, 0.1) is 18.6 Å². The van der Waals surface area contributed by atoms with E-state index < -0.39 is 34.7 Å². The van der Waals surface area contributed by atoms with Crippen molar-refractivity contribution in [2.75, 3.05) is 0 Å². The Labute approximate surface area is 117 Å². The van der Waals surface area contributed by atoms with Crippen molar-refractivity contribution < 1.29 is 26.7 Å². The normalized spacial score (nSPS) is 11.5. The molecule has 2 rings (SSSR count). The van der Waals surface area contributed by atoms with Crippen LogP contribution in [-0.4, -0.2) is 5.78 Å². The zero-order chi connectivity index (χ0) is 15.8. The molecule has 0 aliphatic rings. The topological polar surface area (TPSA) is 17.1 Å². The van der Waals surface area contributed by atoms with Crippen molar-refractivity contribution in [1.29, 1.82) is 0 Å². The van der Waals surface area contributed by atoms with Gasteiger partial charge in [0.1, 0.15) is 11.6 Å². The minimum Gasteiger partial charge on any atom is -0.288 e. The fraction of sp³-hybridized carbons (Fsp3) is 0.133. The highest BCUT2D eigenvalue weighted by Gasteiger charge is 2.35. The van der Waals surface area contributed by atoms with Gasteiger partial charge in [-0.3, -0.25) is 4.79 Å². The van der Waals surface area contributed by atoms with Crippen LogP contribution < -0.4 is 0 Å². The Bertz CT molecular complexity index is 704. The summed E-state index contributed by atoms with van der Waals surface area (Å²) in [6, 6.07) is 5.75. The van der Waals surface area contributed by atoms with Gasteiger partial charge in [0.15, 0.2) is 5.78 Å². The largest absolute Gasteiger partial charge is 0.419 e. The van der Waals surface area contributed by atoms with Gasteiger partial charge in [-0.05, 0) is 42.8 Å². The Morgan fingerprint density at radius 1 is 1.05 bits per heavy atom. The molecule has 6 heteroatoms. The molecule has 0 heterocycles. The predicted molar refractivity (Wildman–Crippen MR) is 66.0 cm³/mol. The van der Waals surface area contributed by atoms with Crippen molar-refractivity contribution in [1.82, 2.24) is 0 Å². The predicted octanol–water partition coefficient (Wildman–Crippen LogP) is 4.52. The van der Waals surface area contributed by atoms with E-state index in [4.69, 9.17) is 0 Å². The maximum atomic E-state index is 13.9. The van der Waals surface area contributed by atoms with E-state index in [-0.39, 0.29) is 11.1 Å². The van der Waals surface area contributed by atoms with Gasteiger partial charge in [0.05, 0.1) is 11.1 Å². The Morgan fingerprint density at radius 3 is 2.29 bits per heavy atom. The zero-order valence-corrected chi connectivity index (χ0v) is 10.8. The average Bonchev–Trinajstić information content (AvgIpc) is 2.40. The molecule has 0 saturated carbocycles. The van der Waals surface area contributed by atoms with Gasteiger partial charge in [0.25, 0.3) is 0 Å². The molecule has 0 aromatic heterocycles. The maximum Gasteiger partial charge on any atom is 0.419 e. The summed E-state index contributed by atoms with van der Waals surface area (Å²) in [7, 11) is 0. The first-order valence-corrected chi connectivity index (χ1v) is 5.88. The lowest BCUT2D eigenvalue weighted by molar-refractivity contribution is -0.140. The number of carbonyl (C=O) groups is 1. The standard InChI is InChI=1S/C15H9F5O/c1-8-7-9(5-6-12(8)16)14(21)10-3-2-4-11(13(10)17)15(18,19)20/h2-7H,1H3. The van der Waals surface area contributed by atoms with Crippen LogP contribution in [0.5, 0.6) is 0 Å². The second kappa shape index (κ2) is 5.27. The van der Waals surface area contributed by atoms with E-state index in [1.165, 1.54) is 6.92 Å². The molecule has 0 aliphatic heterocycles. The van der Waals surface area contributed by atoms with Gasteiger partial charge in [0, 0.05) is 5.56 Å². The molecule has 0 radical (unpaired) electrons. The minimum atomic E-state index is -4.89. The van der Waals surface area contributed by atoms with Crippen molar-refractivity contribution in [3.8, 4) is 0 Å². The van der Waals surface area contributed by atoms with E-state index in [1.54, 1.807) is 0 Å². The third-order valence-electron chi connectivity index (χ3n) is 2.97. The number of alkyl halides is 3. The Hall–Kier alpha value is -2.24. The second-order valence-electron chi connectivity index (χ2n) is 4.46. The van der Waals surface area contributed by atoms with Crippen molar-refractivity contribution in [2.24, 2.45) is 0 Å². The molecule has 2 aromatic rings. The lowest BCUT2D eigenvalue weighted by atomic mass is 9.99. The zero-order valence-electron chi connectivity index (χ0n) is 10.8. The van der Waals surface area contributed by atoms with Crippen molar-refractivity contribution in [3.05, 3.63) is 70.3 Å². The number of aryl methyl sites for hydroxylation is 1. The van der Waals surface area contributed by atoms with Gasteiger partial charge in [-0.25, -0.2) is 8.78 Å². The fourth-order valence-corrected chi connectivity index (χ4v) is 1.87. The highest BCUT2D eigenvalue weighted by molar-refractivity contribution is 6.09. The SMILES string of the molecule is Cc1cc(C(=O)c2cccc(C(F)(F)F)c2F)ccc1F. The summed E-state index contributed by atoms with van der Waals surface area (Å²) in [5.74, 6) is -3.12. The lowest BCUT2D eigenvalue weighted by Crippen LogP contribution is -2.13. The minimum absolute atomic E-state index is 0.0767. The molecule has 0 atom stereocenters. The van der Waals surface area contributed by atoms with Gasteiger partial charge in [0.2, 0.25) is 0 Å². The fourth-order valence-electron chi connectivity index (χ4n) is 1.87. The molecule has 0 fully saturated rings. The monoisotopic (exact) mass is 300 g/mol. The number of hydrogen-bond donors (Lipinski definition) is 0. The van der Waals surface area contributed by atoms with Crippen LogP contribution in [-0.2, 0) is 6.18 Å². The second-order valence-corrected chi connectivity index (χ2v) is 4.46. The smallest absolute Gasteiger partial charge is 0.288 e. The summed E-state index contributed by atoms with van der Waals surface area (Å²) in [6.45, 7) is 1.40. The summed E-state index contributed by atoms with van der Waals surface area (Å²) in [4.78, 5) is 12.1. The molecule has 2 aromatic carbocycles. The molecule has 0 unspecified atom stereocenters. The molecule has 0 N–H and O–H groups in total. The summed E-state index contributed by atoms with van der Waals surface area (Å²) in [5.41, 5.74) is -2.14. The molecule has 0 bridgehead atoms. The number of rotatable bonds is 2. The van der Waals surface area contributed by atoms with Gasteiger partial charge < -0.3 is 0 Å². The van der Waals surface area contributed by atoms with Crippen LogP contribution in [0.15, 0.2) is 36.4 Å². The molecular weight excluding hydrogens is 291 g/mol. The van der Waals surface area contributed by atoms with Crippen LogP contribution >= 0.6 is 0 Å². The van der Waals surface area contributed by atoms with Crippen molar-refractivity contribution in [3.63, 3.8) is 0 Å². The average molecular weight is 300 g/mol. The molecular formula is C15H9F5O. The molecule has 1 nitrogen and oxygen atoms in total. The van der Waals surface area contributed by atoms with E-state index in [1.807, 2.05) is 0 Å². The third kappa shape index (κ3) is 2.94. The molecule has 21 heavy (non-hydrogen) atoms. The number of ketones is 1. The lowest BCUT2D eigenvalue weighted by Gasteiger charge is -2.11. The first-order chi connectivity index (χ1) is 9.71. The third-order valence-corrected chi connectivity index (χ3v) is 2.97. The van der Waals surface area contributed by atoms with Gasteiger partial charge in [-0.1, -0.05) is 6.07 Å². The maximum absolute atomic E-state index is 13.9. The van der Waals surface area contributed by atoms with E-state index in [2.05, 4.69) is 0 Å². The summed E-state index contributed by atoms with van der Waals surface area (Å²) >= 11 is 0. The van der Waals surface area contributed by atoms with Gasteiger partial charge in [-0.2, -0.15) is 13.2 Å². The van der Waals surface area contributed by atoms with Crippen LogP contribution in [0.3, 0.4) is 0 Å². The summed E-state index contributed by atoms with van der Waals surface area (Å²) in [5, 5.41) is 0. The number of benzene rings is 2. The Balaban J connectivity index is 2.51. The summed E-state index contributed by atoms with van der Waals surface area (Å²) < 4.78 is 64.8. The Morgan fingerprint density at radius 2 is 1.71 bits per heavy atom. The van der Waals surface area contributed by atoms with Gasteiger partial charge in [-0.15, -0.1) is 0 Å². The van der Waals surface area contributed by atoms with E-state index in [9.17, 15) is 26.7 Å². The summed E-state index contributed by atoms with van der Waals surface area (Å²) in [6.07, 6.45) is -4.89. The van der Waals surface area contributed by atoms with Crippen LogP contribution in [0.1, 0.15) is 27.0 Å². The Kier molecular flexibility index (Phi) is 3.80.